The van der Waals surface area contributed by atoms with Crippen molar-refractivity contribution >= 4 is 21.4 Å². The van der Waals surface area contributed by atoms with E-state index in [1.807, 2.05) is 0 Å². The smallest absolute Gasteiger partial charge is 0.241 e. The number of carbonyl (C=O) groups is 1. The molecule has 0 aromatic heterocycles. The van der Waals surface area contributed by atoms with Gasteiger partial charge in [-0.2, -0.15) is 0 Å². The van der Waals surface area contributed by atoms with Crippen molar-refractivity contribution in [2.45, 2.75) is 36.6 Å². The normalized spacial score (nSPS) is 15.0. The van der Waals surface area contributed by atoms with Gasteiger partial charge in [0, 0.05) is 5.69 Å². The fraction of sp³-hybridized carbons (Fsp3) is 0.381. The zero-order valence-corrected chi connectivity index (χ0v) is 17.0. The zero-order chi connectivity index (χ0) is 20.9. The molecule has 2 aromatic carbocycles. The first kappa shape index (κ1) is 21.3. The van der Waals surface area contributed by atoms with Crippen LogP contribution in [0.2, 0.25) is 0 Å². The SMILES string of the molecule is NCCCC(N)C(=O)Nc1ccc(Oc2ccc(S(=O)(=O)CC3CC3)cc2)cc1. The lowest BCUT2D eigenvalue weighted by molar-refractivity contribution is -0.117. The largest absolute Gasteiger partial charge is 0.457 e. The standard InChI is InChI=1S/C21H27N3O4S/c22-13-1-2-20(23)21(25)24-16-5-7-17(8-6-16)28-18-9-11-19(12-10-18)29(26,27)14-15-3-4-15/h5-12,15,20H,1-4,13-14,22-23H2,(H,24,25). The van der Waals surface area contributed by atoms with Gasteiger partial charge >= 0.3 is 0 Å². The molecule has 0 saturated heterocycles. The first-order valence-electron chi connectivity index (χ1n) is 9.74. The molecule has 0 heterocycles. The second-order valence-electron chi connectivity index (χ2n) is 7.35. The molecule has 1 unspecified atom stereocenters. The summed E-state index contributed by atoms with van der Waals surface area (Å²) in [7, 11) is -3.23. The number of hydrogen-bond donors (Lipinski definition) is 3. The van der Waals surface area contributed by atoms with Gasteiger partial charge in [-0.15, -0.1) is 0 Å². The summed E-state index contributed by atoms with van der Waals surface area (Å²) in [4.78, 5) is 12.3. The molecule has 1 amide bonds. The van der Waals surface area contributed by atoms with E-state index in [0.717, 1.165) is 12.8 Å². The highest BCUT2D eigenvalue weighted by Crippen LogP contribution is 2.33. The molecule has 0 spiro atoms. The topological polar surface area (TPSA) is 125 Å². The molecule has 1 aliphatic rings. The molecule has 156 valence electrons. The Morgan fingerprint density at radius 2 is 1.66 bits per heavy atom. The maximum Gasteiger partial charge on any atom is 0.241 e. The van der Waals surface area contributed by atoms with E-state index < -0.39 is 15.9 Å². The maximum atomic E-state index is 12.3. The number of nitrogens with one attached hydrogen (secondary N) is 1. The van der Waals surface area contributed by atoms with Crippen LogP contribution in [0, 0.1) is 5.92 Å². The summed E-state index contributed by atoms with van der Waals surface area (Å²) in [5, 5.41) is 2.76. The fourth-order valence-electron chi connectivity index (χ4n) is 2.85. The Morgan fingerprint density at radius 3 is 2.21 bits per heavy atom. The maximum absolute atomic E-state index is 12.3. The lowest BCUT2D eigenvalue weighted by atomic mass is 10.1. The van der Waals surface area contributed by atoms with Crippen molar-refractivity contribution in [3.8, 4) is 11.5 Å². The van der Waals surface area contributed by atoms with E-state index in [-0.39, 0.29) is 11.7 Å². The Bertz CT molecular complexity index is 923. The molecular weight excluding hydrogens is 390 g/mol. The second kappa shape index (κ2) is 9.39. The summed E-state index contributed by atoms with van der Waals surface area (Å²) in [5.41, 5.74) is 11.9. The number of amides is 1. The summed E-state index contributed by atoms with van der Waals surface area (Å²) in [5.74, 6) is 1.39. The van der Waals surface area contributed by atoms with Gasteiger partial charge in [0.15, 0.2) is 9.84 Å². The van der Waals surface area contributed by atoms with Crippen LogP contribution in [0.25, 0.3) is 0 Å². The van der Waals surface area contributed by atoms with Gasteiger partial charge in [0.2, 0.25) is 5.91 Å². The van der Waals surface area contributed by atoms with Crippen LogP contribution in [0.3, 0.4) is 0 Å². The monoisotopic (exact) mass is 417 g/mol. The van der Waals surface area contributed by atoms with Crippen LogP contribution in [-0.2, 0) is 14.6 Å². The van der Waals surface area contributed by atoms with Crippen LogP contribution in [0.1, 0.15) is 25.7 Å². The van der Waals surface area contributed by atoms with Gasteiger partial charge in [-0.25, -0.2) is 8.42 Å². The van der Waals surface area contributed by atoms with Gasteiger partial charge in [0.1, 0.15) is 11.5 Å². The predicted molar refractivity (Wildman–Crippen MR) is 113 cm³/mol. The highest BCUT2D eigenvalue weighted by molar-refractivity contribution is 7.91. The van der Waals surface area contributed by atoms with E-state index in [1.165, 1.54) is 0 Å². The van der Waals surface area contributed by atoms with Gasteiger partial charge in [-0.1, -0.05) is 0 Å². The molecule has 0 radical (unpaired) electrons. The Hall–Kier alpha value is -2.42. The molecule has 3 rings (SSSR count). The fourth-order valence-corrected chi connectivity index (χ4v) is 4.55. The minimum Gasteiger partial charge on any atom is -0.457 e. The minimum atomic E-state index is -3.23. The highest BCUT2D eigenvalue weighted by atomic mass is 32.2. The van der Waals surface area contributed by atoms with Crippen LogP contribution in [-0.4, -0.2) is 32.7 Å². The average Bonchev–Trinajstić information content (AvgIpc) is 3.51. The van der Waals surface area contributed by atoms with Crippen LogP contribution in [0.5, 0.6) is 11.5 Å². The number of carbonyl (C=O) groups excluding carboxylic acids is 1. The number of ether oxygens (including phenoxy) is 1. The molecule has 7 nitrogen and oxygen atoms in total. The third-order valence-electron chi connectivity index (χ3n) is 4.75. The Kier molecular flexibility index (Phi) is 6.89. The number of nitrogens with two attached hydrogens (primary N) is 2. The third kappa shape index (κ3) is 6.28. The van der Waals surface area contributed by atoms with Crippen LogP contribution in [0.15, 0.2) is 53.4 Å². The van der Waals surface area contributed by atoms with E-state index in [2.05, 4.69) is 5.32 Å². The molecule has 1 saturated carbocycles. The first-order valence-corrected chi connectivity index (χ1v) is 11.4. The summed E-state index contributed by atoms with van der Waals surface area (Å²) in [6, 6.07) is 12.7. The molecule has 29 heavy (non-hydrogen) atoms. The van der Waals surface area contributed by atoms with Gasteiger partial charge < -0.3 is 21.5 Å². The van der Waals surface area contributed by atoms with E-state index >= 15 is 0 Å². The van der Waals surface area contributed by atoms with Crippen molar-refractivity contribution in [2.75, 3.05) is 17.6 Å². The molecule has 1 aliphatic carbocycles. The van der Waals surface area contributed by atoms with Gasteiger partial charge in [-0.05, 0) is 86.7 Å². The van der Waals surface area contributed by atoms with Crippen molar-refractivity contribution in [1.82, 2.24) is 0 Å². The van der Waals surface area contributed by atoms with E-state index in [9.17, 15) is 13.2 Å². The Labute approximate surface area is 171 Å². The lowest BCUT2D eigenvalue weighted by Gasteiger charge is -2.12. The summed E-state index contributed by atoms with van der Waals surface area (Å²) in [6.45, 7) is 0.500. The lowest BCUT2D eigenvalue weighted by Crippen LogP contribution is -2.35. The number of sulfone groups is 1. The number of anilines is 1. The molecule has 5 N–H and O–H groups in total. The second-order valence-corrected chi connectivity index (χ2v) is 9.38. The van der Waals surface area contributed by atoms with E-state index in [1.54, 1.807) is 48.5 Å². The minimum absolute atomic E-state index is 0.219. The van der Waals surface area contributed by atoms with Gasteiger partial charge in [0.25, 0.3) is 0 Å². The van der Waals surface area contributed by atoms with Crippen molar-refractivity contribution in [3.05, 3.63) is 48.5 Å². The number of rotatable bonds is 10. The third-order valence-corrected chi connectivity index (χ3v) is 6.65. The van der Waals surface area contributed by atoms with Gasteiger partial charge in [-0.3, -0.25) is 4.79 Å². The highest BCUT2D eigenvalue weighted by Gasteiger charge is 2.29. The van der Waals surface area contributed by atoms with Crippen LogP contribution in [0.4, 0.5) is 5.69 Å². The van der Waals surface area contributed by atoms with E-state index in [0.29, 0.717) is 47.4 Å². The molecule has 2 aromatic rings. The summed E-state index contributed by atoms with van der Waals surface area (Å²) >= 11 is 0. The molecule has 1 atom stereocenters. The van der Waals surface area contributed by atoms with Crippen molar-refractivity contribution in [3.63, 3.8) is 0 Å². The molecule has 0 bridgehead atoms. The van der Waals surface area contributed by atoms with Crippen molar-refractivity contribution in [1.29, 1.82) is 0 Å². The quantitative estimate of drug-likeness (QED) is 0.546. The molecular formula is C21H27N3O4S. The zero-order valence-electron chi connectivity index (χ0n) is 16.2. The van der Waals surface area contributed by atoms with Crippen LogP contribution >= 0.6 is 0 Å². The van der Waals surface area contributed by atoms with Crippen LogP contribution < -0.4 is 21.5 Å². The van der Waals surface area contributed by atoms with Crippen molar-refractivity contribution in [2.24, 2.45) is 17.4 Å². The Balaban J connectivity index is 1.56. The van der Waals surface area contributed by atoms with Gasteiger partial charge in [0.05, 0.1) is 16.7 Å². The number of hydrogen-bond acceptors (Lipinski definition) is 6. The molecule has 0 aliphatic heterocycles. The Morgan fingerprint density at radius 1 is 1.07 bits per heavy atom. The van der Waals surface area contributed by atoms with E-state index in [4.69, 9.17) is 16.2 Å². The predicted octanol–water partition coefficient (Wildman–Crippen LogP) is 2.67. The first-order chi connectivity index (χ1) is 13.9. The average molecular weight is 418 g/mol. The summed E-state index contributed by atoms with van der Waals surface area (Å²) < 4.78 is 30.3. The summed E-state index contributed by atoms with van der Waals surface area (Å²) in [6.07, 6.45) is 3.23. The molecule has 8 heteroatoms. The van der Waals surface area contributed by atoms with Crippen molar-refractivity contribution < 1.29 is 17.9 Å². The molecule has 1 fully saturated rings. The number of benzene rings is 2.